The van der Waals surface area contributed by atoms with Gasteiger partial charge in [-0.1, -0.05) is 6.08 Å². The van der Waals surface area contributed by atoms with Gasteiger partial charge in [-0.2, -0.15) is 12.6 Å². The molecule has 0 aromatic rings. The largest absolute Gasteiger partial charge is 0.288 e. The molecule has 0 aliphatic rings. The Morgan fingerprint density at radius 1 is 1.88 bits per heavy atom. The zero-order valence-electron chi connectivity index (χ0n) is 4.79. The number of hydrogen-bond acceptors (Lipinski definition) is 2. The molecule has 0 rings (SSSR count). The van der Waals surface area contributed by atoms with Gasteiger partial charge in [0.2, 0.25) is 0 Å². The van der Waals surface area contributed by atoms with E-state index in [1.165, 1.54) is 6.92 Å². The van der Waals surface area contributed by atoms with Crippen LogP contribution in [0.4, 0.5) is 0 Å². The molecule has 0 saturated heterocycles. The molecule has 0 radical (unpaired) electrons. The Morgan fingerprint density at radius 3 is 2.00 bits per heavy atom. The van der Waals surface area contributed by atoms with Crippen LogP contribution in [0.1, 0.15) is 6.92 Å². The van der Waals surface area contributed by atoms with Crippen molar-refractivity contribution in [2.45, 2.75) is 6.92 Å². The molecule has 0 unspecified atom stereocenters. The van der Waals surface area contributed by atoms with Crippen molar-refractivity contribution in [3.63, 3.8) is 0 Å². The number of hydrogen-bond donors (Lipinski definition) is 2. The average molecular weight is 150 g/mol. The molecule has 0 aliphatic carbocycles. The molecule has 0 N–H and O–H groups in total. The molecule has 48 valence electrons. The maximum atomic E-state index is 9.31. The van der Waals surface area contributed by atoms with Gasteiger partial charge in [0.1, 0.15) is 0 Å². The first-order chi connectivity index (χ1) is 3.65. The Labute approximate surface area is 61.0 Å². The molecule has 0 atom stereocenters. The lowest BCUT2D eigenvalue weighted by molar-refractivity contribution is -0.108. The maximum Gasteiger partial charge on any atom is 0.182 e. The maximum absolute atomic E-state index is 9.31. The second-order valence-electron chi connectivity index (χ2n) is 0.990. The summed E-state index contributed by atoms with van der Waals surface area (Å²) in [5, 5.41) is -0.139. The molecule has 0 aromatic heterocycles. The molecule has 8 heavy (non-hydrogen) atoms. The van der Waals surface area contributed by atoms with Gasteiger partial charge in [-0.25, -0.2) is 0 Å². The smallest absolute Gasteiger partial charge is 0.182 e. The van der Waals surface area contributed by atoms with Crippen molar-refractivity contribution in [3.05, 3.63) is 12.7 Å². The molecule has 0 bridgehead atoms. The molecular formula is C5H10OS2. The Balaban J connectivity index is 0. The van der Waals surface area contributed by atoms with E-state index >= 15 is 0 Å². The van der Waals surface area contributed by atoms with Crippen molar-refractivity contribution in [2.24, 2.45) is 0 Å². The highest BCUT2D eigenvalue weighted by atomic mass is 32.1. The summed E-state index contributed by atoms with van der Waals surface area (Å²) >= 11 is 7.13. The summed E-state index contributed by atoms with van der Waals surface area (Å²) in [5.74, 6) is 0.778. The topological polar surface area (TPSA) is 17.1 Å². The molecule has 1 nitrogen and oxygen atoms in total. The zero-order valence-corrected chi connectivity index (χ0v) is 6.58. The Bertz CT molecular complexity index is 66.8. The fourth-order valence-electron chi connectivity index (χ4n) is 0. The molecule has 0 aliphatic heterocycles. The summed E-state index contributed by atoms with van der Waals surface area (Å²) in [5.41, 5.74) is 0. The summed E-state index contributed by atoms with van der Waals surface area (Å²) in [6.45, 7) is 4.79. The van der Waals surface area contributed by atoms with Gasteiger partial charge in [-0.05, 0) is 0 Å². The fourth-order valence-corrected chi connectivity index (χ4v) is 0. The first kappa shape index (κ1) is 11.0. The average Bonchev–Trinajstić information content (AvgIpc) is 1.65. The molecule has 0 fully saturated rings. The van der Waals surface area contributed by atoms with E-state index in [9.17, 15) is 4.79 Å². The van der Waals surface area contributed by atoms with E-state index < -0.39 is 0 Å². The van der Waals surface area contributed by atoms with Crippen LogP contribution in [0.15, 0.2) is 12.7 Å². The number of rotatable bonds is 1. The van der Waals surface area contributed by atoms with Gasteiger partial charge in [-0.15, -0.1) is 19.2 Å². The van der Waals surface area contributed by atoms with Gasteiger partial charge >= 0.3 is 0 Å². The van der Waals surface area contributed by atoms with E-state index in [0.29, 0.717) is 0 Å². The molecule has 3 heteroatoms. The monoisotopic (exact) mass is 150 g/mol. The molecule has 0 amide bonds. The van der Waals surface area contributed by atoms with Gasteiger partial charge < -0.3 is 0 Å². The summed E-state index contributed by atoms with van der Waals surface area (Å²) in [6, 6.07) is 0. The predicted molar refractivity (Wildman–Crippen MR) is 43.7 cm³/mol. The SMILES string of the molecule is C=CCS.CC(=O)S. The first-order valence-corrected chi connectivity index (χ1v) is 3.14. The van der Waals surface area contributed by atoms with Crippen LogP contribution in [0.25, 0.3) is 0 Å². The highest BCUT2D eigenvalue weighted by Crippen LogP contribution is 1.66. The lowest BCUT2D eigenvalue weighted by Crippen LogP contribution is -1.62. The Hall–Kier alpha value is 0.110. The quantitative estimate of drug-likeness (QED) is 0.428. The third-order valence-electron chi connectivity index (χ3n) is 0.129. The molecular weight excluding hydrogens is 140 g/mol. The molecule has 0 heterocycles. The van der Waals surface area contributed by atoms with Crippen LogP contribution in [0.2, 0.25) is 0 Å². The van der Waals surface area contributed by atoms with Crippen molar-refractivity contribution in [1.29, 1.82) is 0 Å². The van der Waals surface area contributed by atoms with Crippen LogP contribution in [0.5, 0.6) is 0 Å². The van der Waals surface area contributed by atoms with E-state index in [1.54, 1.807) is 6.08 Å². The summed E-state index contributed by atoms with van der Waals surface area (Å²) in [4.78, 5) is 9.31. The minimum absolute atomic E-state index is 0.139. The third kappa shape index (κ3) is 129. The zero-order chi connectivity index (χ0) is 6.99. The van der Waals surface area contributed by atoms with Crippen molar-refractivity contribution >= 4 is 30.4 Å². The van der Waals surface area contributed by atoms with Crippen LogP contribution in [0, 0.1) is 0 Å². The minimum atomic E-state index is -0.139. The van der Waals surface area contributed by atoms with Gasteiger partial charge in [0.15, 0.2) is 5.12 Å². The normalized spacial score (nSPS) is 6.38. The summed E-state index contributed by atoms with van der Waals surface area (Å²) in [6.07, 6.45) is 1.74. The summed E-state index contributed by atoms with van der Waals surface area (Å²) in [7, 11) is 0. The second kappa shape index (κ2) is 10.2. The first-order valence-electron chi connectivity index (χ1n) is 2.06. The Kier molecular flexibility index (Phi) is 14.0. The third-order valence-corrected chi connectivity index (χ3v) is 0.387. The highest BCUT2D eigenvalue weighted by molar-refractivity contribution is 7.96. The summed E-state index contributed by atoms with van der Waals surface area (Å²) < 4.78 is 0. The van der Waals surface area contributed by atoms with Gasteiger partial charge in [0.25, 0.3) is 0 Å². The van der Waals surface area contributed by atoms with E-state index in [4.69, 9.17) is 0 Å². The van der Waals surface area contributed by atoms with Gasteiger partial charge in [-0.3, -0.25) is 4.79 Å². The van der Waals surface area contributed by atoms with Crippen LogP contribution < -0.4 is 0 Å². The number of carbonyl (C=O) groups excluding carboxylic acids is 1. The van der Waals surface area contributed by atoms with Gasteiger partial charge in [0, 0.05) is 12.7 Å². The van der Waals surface area contributed by atoms with E-state index in [-0.39, 0.29) is 5.12 Å². The van der Waals surface area contributed by atoms with Crippen LogP contribution >= 0.6 is 25.3 Å². The second-order valence-corrected chi connectivity index (χ2v) is 1.99. The van der Waals surface area contributed by atoms with Crippen LogP contribution in [-0.4, -0.2) is 10.9 Å². The number of thiol groups is 2. The van der Waals surface area contributed by atoms with E-state index in [0.717, 1.165) is 5.75 Å². The highest BCUT2D eigenvalue weighted by Gasteiger charge is 1.63. The standard InChI is InChI=1S/C3H6S.C2H4OS/c1-2-3-4;1-2(3)4/h2,4H,1,3H2;1H3,(H,3,4). The molecule has 0 spiro atoms. The fraction of sp³-hybridized carbons (Fsp3) is 0.400. The lowest BCUT2D eigenvalue weighted by atomic mass is 10.8. The van der Waals surface area contributed by atoms with Crippen molar-refractivity contribution < 1.29 is 4.79 Å². The van der Waals surface area contributed by atoms with Crippen molar-refractivity contribution in [1.82, 2.24) is 0 Å². The van der Waals surface area contributed by atoms with E-state index in [1.807, 2.05) is 0 Å². The van der Waals surface area contributed by atoms with E-state index in [2.05, 4.69) is 31.8 Å². The van der Waals surface area contributed by atoms with Gasteiger partial charge in [0.05, 0.1) is 0 Å². The number of carbonyl (C=O) groups is 1. The molecule has 0 aromatic carbocycles. The van der Waals surface area contributed by atoms with Crippen LogP contribution in [-0.2, 0) is 4.79 Å². The van der Waals surface area contributed by atoms with Crippen molar-refractivity contribution in [2.75, 3.05) is 5.75 Å². The lowest BCUT2D eigenvalue weighted by Gasteiger charge is -1.57. The molecule has 0 saturated carbocycles. The van der Waals surface area contributed by atoms with Crippen LogP contribution in [0.3, 0.4) is 0 Å². The predicted octanol–water partition coefficient (Wildman–Crippen LogP) is 1.56. The van der Waals surface area contributed by atoms with Crippen molar-refractivity contribution in [3.8, 4) is 0 Å². The minimum Gasteiger partial charge on any atom is -0.288 e. The Morgan fingerprint density at radius 2 is 2.00 bits per heavy atom.